The summed E-state index contributed by atoms with van der Waals surface area (Å²) in [4.78, 5) is 27.9. The van der Waals surface area contributed by atoms with E-state index in [4.69, 9.17) is 4.74 Å². The van der Waals surface area contributed by atoms with Crippen molar-refractivity contribution in [2.45, 2.75) is 26.7 Å². The van der Waals surface area contributed by atoms with Crippen LogP contribution in [-0.4, -0.2) is 61.0 Å². The smallest absolute Gasteiger partial charge is 0.228 e. The van der Waals surface area contributed by atoms with Crippen molar-refractivity contribution in [2.24, 2.45) is 11.8 Å². The number of nitrogens with zero attached hydrogens (tertiary/aromatic N) is 2. The number of carbonyl (C=O) groups is 2. The number of amides is 2. The summed E-state index contributed by atoms with van der Waals surface area (Å²) in [6.07, 6.45) is 1.39. The number of morpholine rings is 1. The van der Waals surface area contributed by atoms with Gasteiger partial charge in [-0.1, -0.05) is 13.8 Å². The molecule has 0 spiro atoms. The fourth-order valence-electron chi connectivity index (χ4n) is 2.61. The highest BCUT2D eigenvalue weighted by atomic mass is 16.5. The lowest BCUT2D eigenvalue weighted by atomic mass is 10.1. The fraction of sp³-hybridized carbons (Fsp3) is 0.857. The molecule has 0 N–H and O–H groups in total. The van der Waals surface area contributed by atoms with Crippen molar-refractivity contribution in [2.75, 3.05) is 39.4 Å². The van der Waals surface area contributed by atoms with E-state index in [-0.39, 0.29) is 17.7 Å². The van der Waals surface area contributed by atoms with Crippen LogP contribution in [0.15, 0.2) is 0 Å². The zero-order valence-corrected chi connectivity index (χ0v) is 11.9. The molecule has 5 heteroatoms. The quantitative estimate of drug-likeness (QED) is 0.755. The maximum absolute atomic E-state index is 12.3. The van der Waals surface area contributed by atoms with Crippen LogP contribution in [0.2, 0.25) is 0 Å². The van der Waals surface area contributed by atoms with Crippen LogP contribution in [0.3, 0.4) is 0 Å². The largest absolute Gasteiger partial charge is 0.378 e. The van der Waals surface area contributed by atoms with Gasteiger partial charge in [0.2, 0.25) is 11.8 Å². The third kappa shape index (κ3) is 3.69. The van der Waals surface area contributed by atoms with E-state index < -0.39 is 0 Å². The van der Waals surface area contributed by atoms with Crippen molar-refractivity contribution in [3.8, 4) is 0 Å². The summed E-state index contributed by atoms with van der Waals surface area (Å²) in [5.41, 5.74) is 0. The summed E-state index contributed by atoms with van der Waals surface area (Å²) in [6.45, 7) is 8.23. The van der Waals surface area contributed by atoms with Crippen molar-refractivity contribution in [3.05, 3.63) is 0 Å². The van der Waals surface area contributed by atoms with Crippen LogP contribution in [0.5, 0.6) is 0 Å². The van der Waals surface area contributed by atoms with Crippen molar-refractivity contribution in [1.29, 1.82) is 0 Å². The van der Waals surface area contributed by atoms with Crippen LogP contribution in [0.25, 0.3) is 0 Å². The molecule has 2 heterocycles. The van der Waals surface area contributed by atoms with Gasteiger partial charge in [0, 0.05) is 32.6 Å². The molecule has 2 aliphatic heterocycles. The van der Waals surface area contributed by atoms with E-state index in [1.807, 2.05) is 9.80 Å². The SMILES string of the molecule is CC(C)CCN1CC(C(=O)N2CCOCC2)CC1=O. The molecule has 108 valence electrons. The van der Waals surface area contributed by atoms with Crippen LogP contribution < -0.4 is 0 Å². The average Bonchev–Trinajstić information content (AvgIpc) is 2.78. The second-order valence-corrected chi connectivity index (χ2v) is 5.86. The molecule has 5 nitrogen and oxygen atoms in total. The Labute approximate surface area is 114 Å². The van der Waals surface area contributed by atoms with E-state index in [1.54, 1.807) is 0 Å². The summed E-state index contributed by atoms with van der Waals surface area (Å²) >= 11 is 0. The molecule has 0 bridgehead atoms. The molecule has 1 unspecified atom stereocenters. The molecule has 2 saturated heterocycles. The molecule has 0 saturated carbocycles. The molecule has 0 aromatic rings. The van der Waals surface area contributed by atoms with Gasteiger partial charge < -0.3 is 14.5 Å². The lowest BCUT2D eigenvalue weighted by Gasteiger charge is -2.29. The van der Waals surface area contributed by atoms with Crippen molar-refractivity contribution in [1.82, 2.24) is 9.80 Å². The second-order valence-electron chi connectivity index (χ2n) is 5.86. The van der Waals surface area contributed by atoms with Crippen LogP contribution in [-0.2, 0) is 14.3 Å². The number of hydrogen-bond donors (Lipinski definition) is 0. The molecule has 0 aromatic heterocycles. The summed E-state index contributed by atoms with van der Waals surface area (Å²) in [5.74, 6) is 0.704. The Morgan fingerprint density at radius 2 is 2.05 bits per heavy atom. The molecular formula is C14H24N2O3. The topological polar surface area (TPSA) is 49.9 Å². The molecule has 2 fully saturated rings. The lowest BCUT2D eigenvalue weighted by Crippen LogP contribution is -2.44. The predicted octanol–water partition coefficient (Wildman–Crippen LogP) is 0.740. The number of likely N-dealkylation sites (tertiary alicyclic amines) is 1. The van der Waals surface area contributed by atoms with Gasteiger partial charge in [-0.05, 0) is 12.3 Å². The van der Waals surface area contributed by atoms with E-state index in [0.29, 0.717) is 45.2 Å². The molecule has 2 rings (SSSR count). The second kappa shape index (κ2) is 6.37. The first-order chi connectivity index (χ1) is 9.08. The Balaban J connectivity index is 1.85. The van der Waals surface area contributed by atoms with Crippen LogP contribution in [0, 0.1) is 11.8 Å². The molecule has 1 atom stereocenters. The van der Waals surface area contributed by atoms with Gasteiger partial charge in [-0.3, -0.25) is 9.59 Å². The molecule has 0 aliphatic carbocycles. The maximum atomic E-state index is 12.3. The van der Waals surface area contributed by atoms with Gasteiger partial charge >= 0.3 is 0 Å². The minimum Gasteiger partial charge on any atom is -0.378 e. The number of carbonyl (C=O) groups excluding carboxylic acids is 2. The van der Waals surface area contributed by atoms with Gasteiger partial charge in [0.1, 0.15) is 0 Å². The first-order valence-electron chi connectivity index (χ1n) is 7.22. The Morgan fingerprint density at radius 3 is 2.68 bits per heavy atom. The summed E-state index contributed by atoms with van der Waals surface area (Å²) in [5, 5.41) is 0. The van der Waals surface area contributed by atoms with E-state index in [9.17, 15) is 9.59 Å². The third-order valence-electron chi connectivity index (χ3n) is 3.86. The van der Waals surface area contributed by atoms with Crippen LogP contribution >= 0.6 is 0 Å². The van der Waals surface area contributed by atoms with E-state index in [0.717, 1.165) is 13.0 Å². The zero-order chi connectivity index (χ0) is 13.8. The first-order valence-corrected chi connectivity index (χ1v) is 7.22. The monoisotopic (exact) mass is 268 g/mol. The normalized spacial score (nSPS) is 24.4. The van der Waals surface area contributed by atoms with Gasteiger partial charge in [-0.2, -0.15) is 0 Å². The van der Waals surface area contributed by atoms with E-state index in [1.165, 1.54) is 0 Å². The summed E-state index contributed by atoms with van der Waals surface area (Å²) in [7, 11) is 0. The molecule has 0 aromatic carbocycles. The molecule has 2 amide bonds. The van der Waals surface area contributed by atoms with Gasteiger partial charge in [0.05, 0.1) is 19.1 Å². The zero-order valence-electron chi connectivity index (χ0n) is 11.9. The standard InChI is InChI=1S/C14H24N2O3/c1-11(2)3-4-16-10-12(9-13(16)17)14(18)15-5-7-19-8-6-15/h11-12H,3-10H2,1-2H3. The highest BCUT2D eigenvalue weighted by Crippen LogP contribution is 2.21. The Kier molecular flexibility index (Phi) is 4.80. The predicted molar refractivity (Wildman–Crippen MR) is 71.5 cm³/mol. The van der Waals surface area contributed by atoms with Gasteiger partial charge in [-0.15, -0.1) is 0 Å². The van der Waals surface area contributed by atoms with Gasteiger partial charge in [0.25, 0.3) is 0 Å². The van der Waals surface area contributed by atoms with Crippen LogP contribution in [0.1, 0.15) is 26.7 Å². The fourth-order valence-corrected chi connectivity index (χ4v) is 2.61. The molecule has 19 heavy (non-hydrogen) atoms. The lowest BCUT2D eigenvalue weighted by molar-refractivity contribution is -0.139. The molecule has 2 aliphatic rings. The third-order valence-corrected chi connectivity index (χ3v) is 3.86. The minimum atomic E-state index is -0.141. The molecular weight excluding hydrogens is 244 g/mol. The first kappa shape index (κ1) is 14.3. The Morgan fingerprint density at radius 1 is 1.37 bits per heavy atom. The number of ether oxygens (including phenoxy) is 1. The van der Waals surface area contributed by atoms with Crippen molar-refractivity contribution >= 4 is 11.8 Å². The van der Waals surface area contributed by atoms with Gasteiger partial charge in [-0.25, -0.2) is 0 Å². The van der Waals surface area contributed by atoms with E-state index in [2.05, 4.69) is 13.8 Å². The van der Waals surface area contributed by atoms with Crippen LogP contribution in [0.4, 0.5) is 0 Å². The van der Waals surface area contributed by atoms with Crippen molar-refractivity contribution in [3.63, 3.8) is 0 Å². The summed E-state index contributed by atoms with van der Waals surface area (Å²) < 4.78 is 5.25. The molecule has 0 radical (unpaired) electrons. The maximum Gasteiger partial charge on any atom is 0.228 e. The Bertz CT molecular complexity index is 338. The number of hydrogen-bond acceptors (Lipinski definition) is 3. The van der Waals surface area contributed by atoms with Crippen molar-refractivity contribution < 1.29 is 14.3 Å². The average molecular weight is 268 g/mol. The minimum absolute atomic E-state index is 0.128. The van der Waals surface area contributed by atoms with Gasteiger partial charge in [0.15, 0.2) is 0 Å². The summed E-state index contributed by atoms with van der Waals surface area (Å²) in [6, 6.07) is 0. The number of rotatable bonds is 4. The Hall–Kier alpha value is -1.10. The highest BCUT2D eigenvalue weighted by molar-refractivity contribution is 5.89. The van der Waals surface area contributed by atoms with E-state index >= 15 is 0 Å². The highest BCUT2D eigenvalue weighted by Gasteiger charge is 2.36.